The van der Waals surface area contributed by atoms with Gasteiger partial charge < -0.3 is 10.6 Å². The summed E-state index contributed by atoms with van der Waals surface area (Å²) in [5.41, 5.74) is 0. The summed E-state index contributed by atoms with van der Waals surface area (Å²) in [7, 11) is 1.62. The van der Waals surface area contributed by atoms with E-state index in [-0.39, 0.29) is 12.2 Å². The zero-order chi connectivity index (χ0) is 17.8. The number of hydrogen-bond donors (Lipinski definition) is 2. The molecule has 1 rings (SSSR count). The highest BCUT2D eigenvalue weighted by atomic mass is 32.2. The molecule has 1 aromatic carbocycles. The summed E-state index contributed by atoms with van der Waals surface area (Å²) in [5.74, 6) is 1.22. The molecular formula is C16H23F4N3S. The fourth-order valence-corrected chi connectivity index (χ4v) is 2.73. The van der Waals surface area contributed by atoms with E-state index in [4.69, 9.17) is 0 Å². The Balaban J connectivity index is 2.06. The summed E-state index contributed by atoms with van der Waals surface area (Å²) < 4.78 is 48.8. The van der Waals surface area contributed by atoms with Crippen LogP contribution in [0.5, 0.6) is 0 Å². The maximum absolute atomic E-state index is 12.8. The summed E-state index contributed by atoms with van der Waals surface area (Å²) in [5, 5.41) is 6.11. The summed E-state index contributed by atoms with van der Waals surface area (Å²) in [6, 6.07) is 6.36. The monoisotopic (exact) mass is 365 g/mol. The molecule has 0 radical (unpaired) electrons. The second-order valence-electron chi connectivity index (χ2n) is 5.15. The van der Waals surface area contributed by atoms with Crippen LogP contribution in [-0.2, 0) is 0 Å². The largest absolute Gasteiger partial charge is 0.389 e. The van der Waals surface area contributed by atoms with Gasteiger partial charge in [-0.1, -0.05) is 0 Å². The van der Waals surface area contributed by atoms with Gasteiger partial charge in [0, 0.05) is 31.5 Å². The Morgan fingerprint density at radius 1 is 1.04 bits per heavy atom. The Morgan fingerprint density at radius 2 is 1.67 bits per heavy atom. The fourth-order valence-electron chi connectivity index (χ4n) is 1.88. The molecule has 136 valence electrons. The van der Waals surface area contributed by atoms with Crippen LogP contribution in [0.25, 0.3) is 0 Å². The van der Waals surface area contributed by atoms with Crippen molar-refractivity contribution in [1.29, 1.82) is 0 Å². The summed E-state index contributed by atoms with van der Waals surface area (Å²) in [4.78, 5) is 5.04. The van der Waals surface area contributed by atoms with E-state index in [2.05, 4.69) is 15.6 Å². The molecule has 0 atom stereocenters. The molecule has 0 aliphatic rings. The van der Waals surface area contributed by atoms with Crippen LogP contribution in [0.1, 0.15) is 25.7 Å². The molecule has 2 N–H and O–H groups in total. The molecule has 0 spiro atoms. The van der Waals surface area contributed by atoms with Crippen molar-refractivity contribution in [2.24, 2.45) is 4.99 Å². The van der Waals surface area contributed by atoms with Crippen molar-refractivity contribution in [2.75, 3.05) is 25.9 Å². The Hall–Kier alpha value is -1.44. The second kappa shape index (κ2) is 11.2. The highest BCUT2D eigenvalue weighted by Crippen LogP contribution is 2.21. The number of hydrogen-bond acceptors (Lipinski definition) is 2. The number of rotatable bonds is 9. The van der Waals surface area contributed by atoms with Gasteiger partial charge in [-0.05, 0) is 49.3 Å². The number of nitrogens with zero attached hydrogens (tertiary/aromatic N) is 1. The lowest BCUT2D eigenvalue weighted by atomic mass is 10.2. The molecule has 0 aliphatic heterocycles. The first-order valence-electron chi connectivity index (χ1n) is 7.80. The average molecular weight is 365 g/mol. The SMILES string of the molecule is CN=C(NCCCCC(F)(F)F)NCCCSc1ccc(F)cc1. The third-order valence-corrected chi connectivity index (χ3v) is 4.20. The molecule has 0 aromatic heterocycles. The lowest BCUT2D eigenvalue weighted by Crippen LogP contribution is -2.38. The van der Waals surface area contributed by atoms with E-state index >= 15 is 0 Å². The van der Waals surface area contributed by atoms with Gasteiger partial charge in [-0.15, -0.1) is 11.8 Å². The van der Waals surface area contributed by atoms with Crippen molar-refractivity contribution >= 4 is 17.7 Å². The van der Waals surface area contributed by atoms with E-state index in [0.717, 1.165) is 17.1 Å². The van der Waals surface area contributed by atoms with E-state index in [1.54, 1.807) is 30.9 Å². The maximum atomic E-state index is 12.8. The van der Waals surface area contributed by atoms with E-state index in [1.807, 2.05) is 0 Å². The number of unbranched alkanes of at least 4 members (excludes halogenated alkanes) is 1. The highest BCUT2D eigenvalue weighted by Gasteiger charge is 2.25. The van der Waals surface area contributed by atoms with Crippen LogP contribution in [0.2, 0.25) is 0 Å². The van der Waals surface area contributed by atoms with Crippen LogP contribution in [0.15, 0.2) is 34.2 Å². The van der Waals surface area contributed by atoms with Gasteiger partial charge in [0.05, 0.1) is 0 Å². The van der Waals surface area contributed by atoms with Crippen LogP contribution in [0, 0.1) is 5.82 Å². The van der Waals surface area contributed by atoms with Crippen molar-refractivity contribution < 1.29 is 17.6 Å². The molecule has 0 bridgehead atoms. The molecule has 0 saturated carbocycles. The molecule has 24 heavy (non-hydrogen) atoms. The molecule has 0 unspecified atom stereocenters. The predicted molar refractivity (Wildman–Crippen MR) is 91.0 cm³/mol. The molecule has 0 aliphatic carbocycles. The zero-order valence-corrected chi connectivity index (χ0v) is 14.4. The van der Waals surface area contributed by atoms with Gasteiger partial charge in [-0.2, -0.15) is 13.2 Å². The lowest BCUT2D eigenvalue weighted by molar-refractivity contribution is -0.135. The van der Waals surface area contributed by atoms with Crippen molar-refractivity contribution in [3.8, 4) is 0 Å². The first-order valence-corrected chi connectivity index (χ1v) is 8.79. The number of thioether (sulfide) groups is 1. The van der Waals surface area contributed by atoms with E-state index in [9.17, 15) is 17.6 Å². The van der Waals surface area contributed by atoms with Gasteiger partial charge in [0.15, 0.2) is 5.96 Å². The van der Waals surface area contributed by atoms with Crippen molar-refractivity contribution in [2.45, 2.75) is 36.8 Å². The third kappa shape index (κ3) is 10.4. The third-order valence-electron chi connectivity index (χ3n) is 3.10. The Morgan fingerprint density at radius 3 is 2.25 bits per heavy atom. The highest BCUT2D eigenvalue weighted by molar-refractivity contribution is 7.99. The van der Waals surface area contributed by atoms with Crippen molar-refractivity contribution in [3.05, 3.63) is 30.1 Å². The Bertz CT molecular complexity index is 489. The number of aliphatic imine (C=N–C) groups is 1. The van der Waals surface area contributed by atoms with Crippen LogP contribution in [0.3, 0.4) is 0 Å². The van der Waals surface area contributed by atoms with Gasteiger partial charge in [0.25, 0.3) is 0 Å². The van der Waals surface area contributed by atoms with Crippen LogP contribution < -0.4 is 10.6 Å². The van der Waals surface area contributed by atoms with Gasteiger partial charge in [0.2, 0.25) is 0 Å². The van der Waals surface area contributed by atoms with Crippen molar-refractivity contribution in [3.63, 3.8) is 0 Å². The first-order chi connectivity index (χ1) is 11.4. The summed E-state index contributed by atoms with van der Waals surface area (Å²) >= 11 is 1.64. The minimum Gasteiger partial charge on any atom is -0.356 e. The molecule has 0 heterocycles. The summed E-state index contributed by atoms with van der Waals surface area (Å²) in [6.45, 7) is 1.16. The number of alkyl halides is 3. The lowest BCUT2D eigenvalue weighted by Gasteiger charge is -2.12. The molecule has 8 heteroatoms. The fraction of sp³-hybridized carbons (Fsp3) is 0.562. The van der Waals surface area contributed by atoms with E-state index < -0.39 is 12.6 Å². The topological polar surface area (TPSA) is 36.4 Å². The van der Waals surface area contributed by atoms with Crippen LogP contribution in [-0.4, -0.2) is 38.0 Å². The maximum Gasteiger partial charge on any atom is 0.389 e. The van der Waals surface area contributed by atoms with Gasteiger partial charge in [-0.25, -0.2) is 4.39 Å². The Kier molecular flexibility index (Phi) is 9.59. The van der Waals surface area contributed by atoms with Crippen LogP contribution in [0.4, 0.5) is 17.6 Å². The van der Waals surface area contributed by atoms with E-state index in [0.29, 0.717) is 25.5 Å². The second-order valence-corrected chi connectivity index (χ2v) is 6.32. The predicted octanol–water partition coefficient (Wildman–Crippen LogP) is 4.21. The van der Waals surface area contributed by atoms with E-state index in [1.165, 1.54) is 12.1 Å². The minimum atomic E-state index is -4.08. The number of guanidine groups is 1. The number of nitrogens with one attached hydrogen (secondary N) is 2. The van der Waals surface area contributed by atoms with Gasteiger partial charge in [0.1, 0.15) is 5.82 Å². The average Bonchev–Trinajstić information content (AvgIpc) is 2.53. The smallest absolute Gasteiger partial charge is 0.356 e. The van der Waals surface area contributed by atoms with Crippen LogP contribution >= 0.6 is 11.8 Å². The Labute approximate surface area is 144 Å². The molecule has 1 aromatic rings. The van der Waals surface area contributed by atoms with Crippen molar-refractivity contribution in [1.82, 2.24) is 10.6 Å². The number of halogens is 4. The first kappa shape index (κ1) is 20.6. The molecule has 3 nitrogen and oxygen atoms in total. The quantitative estimate of drug-likeness (QED) is 0.226. The summed E-state index contributed by atoms with van der Waals surface area (Å²) in [6.07, 6.45) is -3.39. The molecule has 0 amide bonds. The molecular weight excluding hydrogens is 342 g/mol. The molecule has 0 saturated heterocycles. The number of benzene rings is 1. The molecule has 0 fully saturated rings. The zero-order valence-electron chi connectivity index (χ0n) is 13.6. The van der Waals surface area contributed by atoms with Gasteiger partial charge in [-0.3, -0.25) is 4.99 Å². The van der Waals surface area contributed by atoms with Gasteiger partial charge >= 0.3 is 6.18 Å². The standard InChI is InChI=1S/C16H23F4N3S/c1-21-15(22-10-3-2-9-16(18,19)20)23-11-4-12-24-14-7-5-13(17)6-8-14/h5-8H,2-4,9-12H2,1H3,(H2,21,22,23). The normalized spacial score (nSPS) is 12.3. The minimum absolute atomic E-state index is 0.113.